The molecular weight excluding hydrogens is 176 g/mol. The summed E-state index contributed by atoms with van der Waals surface area (Å²) in [5.41, 5.74) is 3.00. The van der Waals surface area contributed by atoms with Crippen molar-refractivity contribution in [3.8, 4) is 0 Å². The van der Waals surface area contributed by atoms with Crippen LogP contribution >= 0.6 is 0 Å². The van der Waals surface area contributed by atoms with E-state index in [2.05, 4.69) is 24.1 Å². The van der Waals surface area contributed by atoms with Gasteiger partial charge in [-0.1, -0.05) is 11.1 Å². The quantitative estimate of drug-likeness (QED) is 0.629. The first-order valence-corrected chi connectivity index (χ1v) is 5.33. The van der Waals surface area contributed by atoms with Crippen LogP contribution in [-0.4, -0.2) is 36.5 Å². The van der Waals surface area contributed by atoms with Gasteiger partial charge in [-0.25, -0.2) is 0 Å². The second-order valence-electron chi connectivity index (χ2n) is 4.46. The molecule has 0 radical (unpaired) electrons. The Morgan fingerprint density at radius 3 is 2.43 bits per heavy atom. The van der Waals surface area contributed by atoms with E-state index < -0.39 is 0 Å². The van der Waals surface area contributed by atoms with Gasteiger partial charge < -0.3 is 5.32 Å². The lowest BCUT2D eigenvalue weighted by atomic mass is 10.1. The van der Waals surface area contributed by atoms with E-state index in [1.165, 1.54) is 11.1 Å². The van der Waals surface area contributed by atoms with Gasteiger partial charge in [-0.3, -0.25) is 9.69 Å². The fourth-order valence-corrected chi connectivity index (χ4v) is 2.22. The summed E-state index contributed by atoms with van der Waals surface area (Å²) in [5, 5.41) is 2.94. The Morgan fingerprint density at radius 1 is 1.29 bits per heavy atom. The van der Waals surface area contributed by atoms with Gasteiger partial charge >= 0.3 is 0 Å². The number of nitrogens with zero attached hydrogens (tertiary/aromatic N) is 1. The molecule has 1 N–H and O–H groups in total. The molecule has 0 bridgehead atoms. The molecule has 1 amide bonds. The van der Waals surface area contributed by atoms with Crippen LogP contribution in [0.1, 0.15) is 26.7 Å². The lowest BCUT2D eigenvalue weighted by Gasteiger charge is -2.31. The van der Waals surface area contributed by atoms with Crippen molar-refractivity contribution in [2.45, 2.75) is 32.7 Å². The molecule has 78 valence electrons. The van der Waals surface area contributed by atoms with E-state index in [0.29, 0.717) is 12.5 Å². The van der Waals surface area contributed by atoms with E-state index in [1.54, 1.807) is 0 Å². The molecule has 0 aromatic rings. The molecule has 3 heteroatoms. The number of piperidine rings is 1. The number of hydrogen-bond donors (Lipinski definition) is 1. The second kappa shape index (κ2) is 3.73. The first-order chi connectivity index (χ1) is 6.66. The number of nitrogens with one attached hydrogen (secondary N) is 1. The first kappa shape index (κ1) is 9.71. The third-order valence-electron chi connectivity index (χ3n) is 3.36. The second-order valence-corrected chi connectivity index (χ2v) is 4.46. The van der Waals surface area contributed by atoms with E-state index in [9.17, 15) is 4.79 Å². The fraction of sp³-hybridized carbons (Fsp3) is 0.727. The summed E-state index contributed by atoms with van der Waals surface area (Å²) in [5.74, 6) is 0.210. The SMILES string of the molecule is CC1=C(C)CN(C2CCC(=O)NC2)C1. The van der Waals surface area contributed by atoms with Gasteiger partial charge in [0.05, 0.1) is 0 Å². The number of carbonyl (C=O) groups excluding carboxylic acids is 1. The lowest BCUT2D eigenvalue weighted by molar-refractivity contribution is -0.123. The fourth-order valence-electron chi connectivity index (χ4n) is 2.22. The van der Waals surface area contributed by atoms with Crippen LogP contribution in [0.4, 0.5) is 0 Å². The van der Waals surface area contributed by atoms with Gasteiger partial charge in [0, 0.05) is 32.1 Å². The zero-order valence-electron chi connectivity index (χ0n) is 8.97. The Hall–Kier alpha value is -0.830. The number of amides is 1. The van der Waals surface area contributed by atoms with Gasteiger partial charge in [-0.2, -0.15) is 0 Å². The third-order valence-corrected chi connectivity index (χ3v) is 3.36. The molecule has 2 rings (SSSR count). The maximum Gasteiger partial charge on any atom is 0.220 e. The summed E-state index contributed by atoms with van der Waals surface area (Å²) < 4.78 is 0. The molecule has 0 aromatic heterocycles. The molecule has 0 saturated carbocycles. The van der Waals surface area contributed by atoms with E-state index in [0.717, 1.165) is 26.1 Å². The Balaban J connectivity index is 1.90. The van der Waals surface area contributed by atoms with Crippen LogP contribution in [0.15, 0.2) is 11.1 Å². The Labute approximate surface area is 85.2 Å². The standard InChI is InChI=1S/C11H18N2O/c1-8-6-13(7-9(8)2)10-3-4-11(14)12-5-10/h10H,3-7H2,1-2H3,(H,12,14). The molecule has 2 aliphatic rings. The van der Waals surface area contributed by atoms with Gasteiger partial charge in [0.15, 0.2) is 0 Å². The summed E-state index contributed by atoms with van der Waals surface area (Å²) in [6.45, 7) is 7.42. The normalized spacial score (nSPS) is 29.6. The number of hydrogen-bond acceptors (Lipinski definition) is 2. The van der Waals surface area contributed by atoms with E-state index in [4.69, 9.17) is 0 Å². The van der Waals surface area contributed by atoms with Crippen LogP contribution in [0, 0.1) is 0 Å². The van der Waals surface area contributed by atoms with E-state index >= 15 is 0 Å². The lowest BCUT2D eigenvalue weighted by Crippen LogP contribution is -2.47. The largest absolute Gasteiger partial charge is 0.355 e. The zero-order valence-corrected chi connectivity index (χ0v) is 8.97. The van der Waals surface area contributed by atoms with Crippen LogP contribution in [0.2, 0.25) is 0 Å². The van der Waals surface area contributed by atoms with Crippen LogP contribution in [0.3, 0.4) is 0 Å². The van der Waals surface area contributed by atoms with E-state index in [-0.39, 0.29) is 5.91 Å². The molecule has 1 saturated heterocycles. The summed E-state index contributed by atoms with van der Waals surface area (Å²) in [4.78, 5) is 13.5. The number of carbonyl (C=O) groups is 1. The van der Waals surface area contributed by atoms with Gasteiger partial charge in [-0.05, 0) is 20.3 Å². The summed E-state index contributed by atoms with van der Waals surface area (Å²) in [6.07, 6.45) is 1.71. The number of rotatable bonds is 1. The predicted octanol–water partition coefficient (Wildman–Crippen LogP) is 0.917. The molecule has 3 nitrogen and oxygen atoms in total. The zero-order chi connectivity index (χ0) is 10.1. The minimum absolute atomic E-state index is 0.210. The van der Waals surface area contributed by atoms with Crippen molar-refractivity contribution >= 4 is 5.91 Å². The smallest absolute Gasteiger partial charge is 0.220 e. The van der Waals surface area contributed by atoms with Gasteiger partial charge in [0.2, 0.25) is 5.91 Å². The van der Waals surface area contributed by atoms with Crippen LogP contribution in [-0.2, 0) is 4.79 Å². The molecule has 0 aliphatic carbocycles. The maximum atomic E-state index is 11.0. The average Bonchev–Trinajstić information content (AvgIpc) is 2.48. The highest BCUT2D eigenvalue weighted by atomic mass is 16.1. The summed E-state index contributed by atoms with van der Waals surface area (Å²) >= 11 is 0. The van der Waals surface area contributed by atoms with Crippen LogP contribution < -0.4 is 5.32 Å². The van der Waals surface area contributed by atoms with Crippen LogP contribution in [0.5, 0.6) is 0 Å². The van der Waals surface area contributed by atoms with Crippen molar-refractivity contribution in [1.29, 1.82) is 0 Å². The van der Waals surface area contributed by atoms with Gasteiger partial charge in [-0.15, -0.1) is 0 Å². The molecular formula is C11H18N2O. The van der Waals surface area contributed by atoms with Crippen molar-refractivity contribution < 1.29 is 4.79 Å². The third kappa shape index (κ3) is 1.82. The summed E-state index contributed by atoms with van der Waals surface area (Å²) in [6, 6.07) is 0.556. The topological polar surface area (TPSA) is 32.3 Å². The summed E-state index contributed by atoms with van der Waals surface area (Å²) in [7, 11) is 0. The average molecular weight is 194 g/mol. The highest BCUT2D eigenvalue weighted by Crippen LogP contribution is 2.21. The minimum Gasteiger partial charge on any atom is -0.355 e. The van der Waals surface area contributed by atoms with Crippen molar-refractivity contribution in [3.63, 3.8) is 0 Å². The molecule has 1 unspecified atom stereocenters. The highest BCUT2D eigenvalue weighted by molar-refractivity contribution is 5.76. The molecule has 1 atom stereocenters. The maximum absolute atomic E-state index is 11.0. The van der Waals surface area contributed by atoms with Crippen molar-refractivity contribution in [2.75, 3.05) is 19.6 Å². The molecule has 2 heterocycles. The Bertz CT molecular complexity index is 259. The minimum atomic E-state index is 0.210. The molecule has 14 heavy (non-hydrogen) atoms. The van der Waals surface area contributed by atoms with Crippen LogP contribution in [0.25, 0.3) is 0 Å². The first-order valence-electron chi connectivity index (χ1n) is 5.33. The van der Waals surface area contributed by atoms with E-state index in [1.807, 2.05) is 0 Å². The van der Waals surface area contributed by atoms with Crippen molar-refractivity contribution in [1.82, 2.24) is 10.2 Å². The highest BCUT2D eigenvalue weighted by Gasteiger charge is 2.27. The predicted molar refractivity (Wildman–Crippen MR) is 56.0 cm³/mol. The van der Waals surface area contributed by atoms with Crippen molar-refractivity contribution in [2.24, 2.45) is 0 Å². The molecule has 1 fully saturated rings. The monoisotopic (exact) mass is 194 g/mol. The van der Waals surface area contributed by atoms with Crippen molar-refractivity contribution in [3.05, 3.63) is 11.1 Å². The van der Waals surface area contributed by atoms with Gasteiger partial charge in [0.1, 0.15) is 0 Å². The Kier molecular flexibility index (Phi) is 2.59. The van der Waals surface area contributed by atoms with Gasteiger partial charge in [0.25, 0.3) is 0 Å². The molecule has 0 spiro atoms. The molecule has 0 aromatic carbocycles. The molecule has 2 aliphatic heterocycles. The Morgan fingerprint density at radius 2 is 1.93 bits per heavy atom.